The Labute approximate surface area is 208 Å². The van der Waals surface area contributed by atoms with Crippen LogP contribution in [0.3, 0.4) is 0 Å². The van der Waals surface area contributed by atoms with Gasteiger partial charge in [0.2, 0.25) is 0 Å². The molecule has 1 aliphatic carbocycles. The molecule has 2 amide bonds. The highest BCUT2D eigenvalue weighted by Gasteiger charge is 2.28. The molecular formula is C26H27N7O3. The third-order valence-corrected chi connectivity index (χ3v) is 5.93. The van der Waals surface area contributed by atoms with Gasteiger partial charge in [0.05, 0.1) is 11.4 Å². The van der Waals surface area contributed by atoms with E-state index in [0.717, 1.165) is 24.1 Å². The second-order valence-corrected chi connectivity index (χ2v) is 8.61. The molecule has 1 fully saturated rings. The summed E-state index contributed by atoms with van der Waals surface area (Å²) in [4.78, 5) is 25.0. The van der Waals surface area contributed by atoms with Crippen LogP contribution >= 0.6 is 0 Å². The van der Waals surface area contributed by atoms with E-state index in [1.807, 2.05) is 44.3 Å². The average Bonchev–Trinajstić information content (AvgIpc) is 3.43. The van der Waals surface area contributed by atoms with Crippen LogP contribution in [0.25, 0.3) is 16.9 Å². The first kappa shape index (κ1) is 23.3. The van der Waals surface area contributed by atoms with E-state index < -0.39 is 0 Å². The van der Waals surface area contributed by atoms with Crippen LogP contribution in [0.4, 0.5) is 0 Å². The molecule has 5 rings (SSSR count). The minimum Gasteiger partial charge on any atom is -0.487 e. The second-order valence-electron chi connectivity index (χ2n) is 8.61. The van der Waals surface area contributed by atoms with E-state index in [0.29, 0.717) is 29.2 Å². The van der Waals surface area contributed by atoms with Gasteiger partial charge in [-0.2, -0.15) is 5.10 Å². The van der Waals surface area contributed by atoms with Gasteiger partial charge < -0.3 is 15.4 Å². The van der Waals surface area contributed by atoms with Crippen LogP contribution in [0.2, 0.25) is 0 Å². The summed E-state index contributed by atoms with van der Waals surface area (Å²) in [6.07, 6.45) is 3.68. The van der Waals surface area contributed by atoms with Crippen molar-refractivity contribution >= 4 is 11.8 Å². The molecule has 1 saturated carbocycles. The number of aryl methyl sites for hydroxylation is 1. The summed E-state index contributed by atoms with van der Waals surface area (Å²) >= 11 is 0. The molecule has 2 aromatic carbocycles. The Morgan fingerprint density at radius 3 is 2.58 bits per heavy atom. The summed E-state index contributed by atoms with van der Waals surface area (Å²) < 4.78 is 9.49. The van der Waals surface area contributed by atoms with Crippen molar-refractivity contribution in [3.63, 3.8) is 0 Å². The highest BCUT2D eigenvalue weighted by atomic mass is 16.5. The van der Waals surface area contributed by atoms with E-state index in [4.69, 9.17) is 4.74 Å². The number of carbonyl (C=O) groups excluding carboxylic acids is 2. The third kappa shape index (κ3) is 4.97. The van der Waals surface area contributed by atoms with Crippen LogP contribution in [0.1, 0.15) is 46.3 Å². The molecule has 2 N–H and O–H groups in total. The molecule has 0 bridgehead atoms. The largest absolute Gasteiger partial charge is 0.487 e. The van der Waals surface area contributed by atoms with E-state index in [1.165, 1.54) is 0 Å². The molecule has 10 nitrogen and oxygen atoms in total. The lowest BCUT2D eigenvalue weighted by Gasteiger charge is -2.12. The fourth-order valence-electron chi connectivity index (χ4n) is 3.87. The number of amides is 2. The summed E-state index contributed by atoms with van der Waals surface area (Å²) in [6.45, 7) is 2.49. The van der Waals surface area contributed by atoms with E-state index in [-0.39, 0.29) is 30.2 Å². The molecule has 0 radical (unpaired) electrons. The summed E-state index contributed by atoms with van der Waals surface area (Å²) in [5, 5.41) is 18.4. The number of benzene rings is 2. The SMILES string of the molecule is CCNC(=O)c1ccc(-n2nnc(C(=O)NC3CC3)c2COc2cccc(-c3ccnn3C)c2)cc1. The maximum atomic E-state index is 12.9. The van der Waals surface area contributed by atoms with Gasteiger partial charge >= 0.3 is 0 Å². The minimum absolute atomic E-state index is 0.0767. The summed E-state index contributed by atoms with van der Waals surface area (Å²) in [5.74, 6) is 0.218. The Morgan fingerprint density at radius 2 is 1.89 bits per heavy atom. The van der Waals surface area contributed by atoms with E-state index in [1.54, 1.807) is 39.8 Å². The van der Waals surface area contributed by atoms with Crippen molar-refractivity contribution in [2.75, 3.05) is 6.54 Å². The molecule has 0 unspecified atom stereocenters. The first-order valence-corrected chi connectivity index (χ1v) is 11.9. The summed E-state index contributed by atoms with van der Waals surface area (Å²) in [5.41, 5.74) is 3.87. The smallest absolute Gasteiger partial charge is 0.274 e. The van der Waals surface area contributed by atoms with Crippen molar-refractivity contribution in [2.24, 2.45) is 7.05 Å². The van der Waals surface area contributed by atoms with E-state index in [2.05, 4.69) is 26.0 Å². The Balaban J connectivity index is 1.42. The van der Waals surface area contributed by atoms with Crippen LogP contribution in [0.15, 0.2) is 60.8 Å². The van der Waals surface area contributed by atoms with Gasteiger partial charge in [0.15, 0.2) is 5.69 Å². The predicted octanol–water partition coefficient (Wildman–Crippen LogP) is 2.89. The Bertz CT molecular complexity index is 1390. The molecule has 10 heteroatoms. The minimum atomic E-state index is -0.273. The van der Waals surface area contributed by atoms with Gasteiger partial charge in [0.25, 0.3) is 11.8 Å². The Morgan fingerprint density at radius 1 is 1.08 bits per heavy atom. The zero-order valence-corrected chi connectivity index (χ0v) is 20.1. The highest BCUT2D eigenvalue weighted by Crippen LogP contribution is 2.25. The summed E-state index contributed by atoms with van der Waals surface area (Å²) in [6, 6.07) is 16.8. The molecule has 36 heavy (non-hydrogen) atoms. The molecule has 0 saturated heterocycles. The lowest BCUT2D eigenvalue weighted by atomic mass is 10.1. The lowest BCUT2D eigenvalue weighted by molar-refractivity contribution is 0.0939. The Hall–Kier alpha value is -4.47. The van der Waals surface area contributed by atoms with Gasteiger partial charge in [-0.25, -0.2) is 4.68 Å². The maximum Gasteiger partial charge on any atom is 0.274 e. The average molecular weight is 486 g/mol. The molecule has 0 spiro atoms. The number of carbonyl (C=O) groups is 2. The Kier molecular flexibility index (Phi) is 6.48. The lowest BCUT2D eigenvalue weighted by Crippen LogP contribution is -2.27. The fourth-order valence-corrected chi connectivity index (χ4v) is 3.87. The van der Waals surface area contributed by atoms with Crippen molar-refractivity contribution in [3.8, 4) is 22.7 Å². The normalized spacial score (nSPS) is 12.8. The number of hydrogen-bond acceptors (Lipinski definition) is 6. The highest BCUT2D eigenvalue weighted by molar-refractivity contribution is 5.94. The molecule has 0 atom stereocenters. The zero-order valence-electron chi connectivity index (χ0n) is 20.1. The van der Waals surface area contributed by atoms with Crippen LogP contribution in [0, 0.1) is 0 Å². The first-order valence-electron chi connectivity index (χ1n) is 11.9. The van der Waals surface area contributed by atoms with Crippen molar-refractivity contribution in [2.45, 2.75) is 32.4 Å². The van der Waals surface area contributed by atoms with E-state index >= 15 is 0 Å². The van der Waals surface area contributed by atoms with E-state index in [9.17, 15) is 9.59 Å². The number of aromatic nitrogens is 5. The summed E-state index contributed by atoms with van der Waals surface area (Å²) in [7, 11) is 1.88. The van der Waals surface area contributed by atoms with Gasteiger partial charge in [-0.15, -0.1) is 5.10 Å². The van der Waals surface area contributed by atoms with Crippen LogP contribution in [0.5, 0.6) is 5.75 Å². The monoisotopic (exact) mass is 485 g/mol. The number of nitrogens with one attached hydrogen (secondary N) is 2. The molecule has 2 aromatic heterocycles. The third-order valence-electron chi connectivity index (χ3n) is 5.93. The van der Waals surface area contributed by atoms with Crippen molar-refractivity contribution < 1.29 is 14.3 Å². The van der Waals surface area contributed by atoms with Gasteiger partial charge in [0.1, 0.15) is 18.1 Å². The maximum absolute atomic E-state index is 12.9. The second kappa shape index (κ2) is 10.0. The van der Waals surface area contributed by atoms with Gasteiger partial charge in [-0.3, -0.25) is 14.3 Å². The molecule has 0 aliphatic heterocycles. The topological polar surface area (TPSA) is 116 Å². The molecular weight excluding hydrogens is 458 g/mol. The standard InChI is InChI=1S/C26H27N7O3/c1-3-27-25(34)17-7-11-20(12-8-17)33-23(24(30-31-33)26(35)29-19-9-10-19)16-36-21-6-4-5-18(15-21)22-13-14-28-32(22)2/h4-8,11-15,19H,3,9-10,16H2,1-2H3,(H,27,34)(H,29,35). The molecule has 2 heterocycles. The predicted molar refractivity (Wildman–Crippen MR) is 133 cm³/mol. The van der Waals surface area contributed by atoms with Crippen molar-refractivity contribution in [1.29, 1.82) is 0 Å². The molecule has 4 aromatic rings. The molecule has 184 valence electrons. The number of rotatable bonds is 9. The fraction of sp³-hybridized carbons (Fsp3) is 0.269. The molecule has 1 aliphatic rings. The van der Waals surface area contributed by atoms with Crippen LogP contribution in [-0.4, -0.2) is 49.2 Å². The zero-order chi connectivity index (χ0) is 25.1. The van der Waals surface area contributed by atoms with Crippen LogP contribution < -0.4 is 15.4 Å². The van der Waals surface area contributed by atoms with Gasteiger partial charge in [-0.05, 0) is 62.2 Å². The van der Waals surface area contributed by atoms with Crippen molar-refractivity contribution in [1.82, 2.24) is 35.4 Å². The number of nitrogens with zero attached hydrogens (tertiary/aromatic N) is 5. The van der Waals surface area contributed by atoms with Gasteiger partial charge in [0, 0.05) is 37.0 Å². The van der Waals surface area contributed by atoms with Gasteiger partial charge in [-0.1, -0.05) is 17.3 Å². The first-order chi connectivity index (χ1) is 17.5. The van der Waals surface area contributed by atoms with Crippen LogP contribution in [-0.2, 0) is 13.7 Å². The quantitative estimate of drug-likeness (QED) is 0.377. The number of hydrogen-bond donors (Lipinski definition) is 2. The van der Waals surface area contributed by atoms with Crippen molar-refractivity contribution in [3.05, 3.63) is 77.7 Å². The number of ether oxygens (including phenoxy) is 1.